The molecule has 1 aromatic heterocycles. The van der Waals surface area contributed by atoms with E-state index >= 15 is 0 Å². The lowest BCUT2D eigenvalue weighted by atomic mass is 10.0. The van der Waals surface area contributed by atoms with E-state index in [4.69, 9.17) is 15.3 Å². The van der Waals surface area contributed by atoms with Crippen molar-refractivity contribution in [3.8, 4) is 0 Å². The van der Waals surface area contributed by atoms with Gasteiger partial charge < -0.3 is 9.47 Å². The van der Waals surface area contributed by atoms with Gasteiger partial charge >= 0.3 is 0 Å². The highest BCUT2D eigenvalue weighted by Gasteiger charge is 2.23. The highest BCUT2D eigenvalue weighted by Crippen LogP contribution is 2.25. The number of hydrogen-bond acceptors (Lipinski definition) is 5. The van der Waals surface area contributed by atoms with E-state index in [2.05, 4.69) is 10.4 Å². The second-order valence-electron chi connectivity index (χ2n) is 3.91. The predicted molar refractivity (Wildman–Crippen MR) is 69.6 cm³/mol. The molecule has 1 atom stereocenters. The van der Waals surface area contributed by atoms with Gasteiger partial charge in [-0.2, -0.15) is 0 Å². The van der Waals surface area contributed by atoms with Crippen LogP contribution in [0.4, 0.5) is 0 Å². The standard InChI is InChI=1S/C13H17N3O2/c1-17-13(18-2)12(16-14)10-7-3-5-9-6-4-8-15-11(9)10/h3-8,12-13,16H,14H2,1-2H3. The Labute approximate surface area is 106 Å². The van der Waals surface area contributed by atoms with E-state index in [9.17, 15) is 0 Å². The SMILES string of the molecule is COC(OC)C(NN)c1cccc2cccnc12. The van der Waals surface area contributed by atoms with Gasteiger partial charge in [-0.3, -0.25) is 10.8 Å². The van der Waals surface area contributed by atoms with Crippen LogP contribution in [0, 0.1) is 0 Å². The zero-order chi connectivity index (χ0) is 13.0. The lowest BCUT2D eigenvalue weighted by Gasteiger charge is -2.25. The Morgan fingerprint density at radius 3 is 2.56 bits per heavy atom. The summed E-state index contributed by atoms with van der Waals surface area (Å²) in [6, 6.07) is 9.57. The molecule has 2 rings (SSSR count). The molecular formula is C13H17N3O2. The number of fused-ring (bicyclic) bond motifs is 1. The van der Waals surface area contributed by atoms with Crippen LogP contribution in [0.15, 0.2) is 36.5 Å². The largest absolute Gasteiger partial charge is 0.354 e. The molecule has 2 aromatic rings. The summed E-state index contributed by atoms with van der Waals surface area (Å²) < 4.78 is 10.5. The molecule has 1 heterocycles. The van der Waals surface area contributed by atoms with Crippen molar-refractivity contribution in [3.63, 3.8) is 0 Å². The molecule has 0 bridgehead atoms. The van der Waals surface area contributed by atoms with Crippen LogP contribution in [0.1, 0.15) is 11.6 Å². The van der Waals surface area contributed by atoms with E-state index in [0.29, 0.717) is 0 Å². The van der Waals surface area contributed by atoms with Crippen LogP contribution in [-0.2, 0) is 9.47 Å². The Balaban J connectivity index is 2.51. The van der Waals surface area contributed by atoms with Crippen molar-refractivity contribution in [3.05, 3.63) is 42.1 Å². The number of aromatic nitrogens is 1. The van der Waals surface area contributed by atoms with Gasteiger partial charge in [-0.25, -0.2) is 5.43 Å². The van der Waals surface area contributed by atoms with E-state index in [1.807, 2.05) is 30.3 Å². The van der Waals surface area contributed by atoms with Gasteiger partial charge in [-0.1, -0.05) is 24.3 Å². The average Bonchev–Trinajstić information content (AvgIpc) is 2.44. The summed E-state index contributed by atoms with van der Waals surface area (Å²) in [6.07, 6.45) is 1.29. The maximum atomic E-state index is 5.61. The fourth-order valence-electron chi connectivity index (χ4n) is 2.06. The normalized spacial score (nSPS) is 13.1. The fourth-order valence-corrected chi connectivity index (χ4v) is 2.06. The summed E-state index contributed by atoms with van der Waals surface area (Å²) in [7, 11) is 3.16. The van der Waals surface area contributed by atoms with Gasteiger partial charge in [0.1, 0.15) is 0 Å². The van der Waals surface area contributed by atoms with E-state index in [-0.39, 0.29) is 6.04 Å². The number of para-hydroxylation sites is 1. The van der Waals surface area contributed by atoms with E-state index in [1.165, 1.54) is 0 Å². The third kappa shape index (κ3) is 2.34. The van der Waals surface area contributed by atoms with Crippen LogP contribution in [-0.4, -0.2) is 25.5 Å². The molecule has 0 aliphatic heterocycles. The molecule has 18 heavy (non-hydrogen) atoms. The highest BCUT2D eigenvalue weighted by atomic mass is 16.7. The van der Waals surface area contributed by atoms with Crippen LogP contribution < -0.4 is 11.3 Å². The van der Waals surface area contributed by atoms with Crippen molar-refractivity contribution in [2.45, 2.75) is 12.3 Å². The molecule has 0 spiro atoms. The number of nitrogens with two attached hydrogens (primary N) is 1. The number of nitrogens with one attached hydrogen (secondary N) is 1. The average molecular weight is 247 g/mol. The van der Waals surface area contributed by atoms with Crippen molar-refractivity contribution in [1.29, 1.82) is 0 Å². The maximum Gasteiger partial charge on any atom is 0.177 e. The molecule has 3 N–H and O–H groups in total. The molecule has 0 saturated carbocycles. The molecule has 0 amide bonds. The minimum Gasteiger partial charge on any atom is -0.354 e. The summed E-state index contributed by atoms with van der Waals surface area (Å²) in [5.41, 5.74) is 4.56. The summed E-state index contributed by atoms with van der Waals surface area (Å²) in [5, 5.41) is 1.06. The third-order valence-corrected chi connectivity index (χ3v) is 2.92. The Bertz CT molecular complexity index is 509. The summed E-state index contributed by atoms with van der Waals surface area (Å²) in [6.45, 7) is 0. The monoisotopic (exact) mass is 247 g/mol. The first kappa shape index (κ1) is 12.9. The predicted octanol–water partition coefficient (Wildman–Crippen LogP) is 1.36. The Morgan fingerprint density at radius 2 is 1.89 bits per heavy atom. The molecule has 0 aliphatic rings. The molecule has 5 heteroatoms. The zero-order valence-electron chi connectivity index (χ0n) is 10.5. The number of hydrazine groups is 1. The zero-order valence-corrected chi connectivity index (χ0v) is 10.5. The van der Waals surface area contributed by atoms with Gasteiger partial charge in [0.2, 0.25) is 0 Å². The van der Waals surface area contributed by atoms with Gasteiger partial charge in [0.05, 0.1) is 11.6 Å². The van der Waals surface area contributed by atoms with Crippen molar-refractivity contribution >= 4 is 10.9 Å². The van der Waals surface area contributed by atoms with Crippen molar-refractivity contribution < 1.29 is 9.47 Å². The van der Waals surface area contributed by atoms with Crippen molar-refractivity contribution in [2.24, 2.45) is 5.84 Å². The van der Waals surface area contributed by atoms with Crippen molar-refractivity contribution in [1.82, 2.24) is 10.4 Å². The number of nitrogens with zero attached hydrogens (tertiary/aromatic N) is 1. The molecule has 0 saturated heterocycles. The summed E-state index contributed by atoms with van der Waals surface area (Å²) in [5.74, 6) is 5.61. The van der Waals surface area contributed by atoms with Gasteiger partial charge in [0, 0.05) is 31.4 Å². The topological polar surface area (TPSA) is 69.4 Å². The number of rotatable bonds is 5. The van der Waals surface area contributed by atoms with Gasteiger partial charge in [-0.05, 0) is 6.07 Å². The van der Waals surface area contributed by atoms with Crippen LogP contribution >= 0.6 is 0 Å². The van der Waals surface area contributed by atoms with Crippen LogP contribution in [0.5, 0.6) is 0 Å². The van der Waals surface area contributed by atoms with Crippen LogP contribution in [0.3, 0.4) is 0 Å². The third-order valence-electron chi connectivity index (χ3n) is 2.92. The van der Waals surface area contributed by atoms with E-state index in [0.717, 1.165) is 16.5 Å². The molecular weight excluding hydrogens is 230 g/mol. The summed E-state index contributed by atoms with van der Waals surface area (Å²) >= 11 is 0. The molecule has 96 valence electrons. The van der Waals surface area contributed by atoms with E-state index < -0.39 is 6.29 Å². The first-order valence-corrected chi connectivity index (χ1v) is 5.67. The second kappa shape index (κ2) is 5.88. The number of hydrogen-bond donors (Lipinski definition) is 2. The van der Waals surface area contributed by atoms with E-state index in [1.54, 1.807) is 20.4 Å². The Hall–Kier alpha value is -1.53. The minimum atomic E-state index is -0.470. The molecule has 1 unspecified atom stereocenters. The first-order valence-electron chi connectivity index (χ1n) is 5.67. The molecule has 0 aliphatic carbocycles. The smallest absolute Gasteiger partial charge is 0.177 e. The molecule has 1 aromatic carbocycles. The lowest BCUT2D eigenvalue weighted by molar-refractivity contribution is -0.124. The van der Waals surface area contributed by atoms with Gasteiger partial charge in [-0.15, -0.1) is 0 Å². The Morgan fingerprint density at radius 1 is 1.17 bits per heavy atom. The summed E-state index contributed by atoms with van der Waals surface area (Å²) in [4.78, 5) is 4.39. The quantitative estimate of drug-likeness (QED) is 0.474. The minimum absolute atomic E-state index is 0.279. The van der Waals surface area contributed by atoms with Crippen LogP contribution in [0.2, 0.25) is 0 Å². The second-order valence-corrected chi connectivity index (χ2v) is 3.91. The lowest BCUT2D eigenvalue weighted by Crippen LogP contribution is -2.38. The number of pyridine rings is 1. The molecule has 0 radical (unpaired) electrons. The molecule has 0 fully saturated rings. The highest BCUT2D eigenvalue weighted by molar-refractivity contribution is 5.82. The maximum absolute atomic E-state index is 5.61. The first-order chi connectivity index (χ1) is 8.81. The molecule has 5 nitrogen and oxygen atoms in total. The van der Waals surface area contributed by atoms with Crippen LogP contribution in [0.25, 0.3) is 10.9 Å². The van der Waals surface area contributed by atoms with Gasteiger partial charge in [0.15, 0.2) is 6.29 Å². The van der Waals surface area contributed by atoms with Crippen molar-refractivity contribution in [2.75, 3.05) is 14.2 Å². The number of methoxy groups -OCH3 is 2. The fraction of sp³-hybridized carbons (Fsp3) is 0.308. The van der Waals surface area contributed by atoms with Gasteiger partial charge in [0.25, 0.3) is 0 Å². The number of benzene rings is 1. The number of ether oxygens (including phenoxy) is 2. The Kier molecular flexibility index (Phi) is 4.22.